The van der Waals surface area contributed by atoms with Crippen molar-refractivity contribution < 1.29 is 0 Å². The average molecular weight is 176 g/mol. The quantitative estimate of drug-likeness (QED) is 0.597. The Morgan fingerprint density at radius 1 is 1.15 bits per heavy atom. The fourth-order valence-electron chi connectivity index (χ4n) is 2.32. The van der Waals surface area contributed by atoms with Gasteiger partial charge >= 0.3 is 0 Å². The van der Waals surface area contributed by atoms with Crippen LogP contribution in [0.2, 0.25) is 0 Å². The molecule has 3 rings (SSSR count). The van der Waals surface area contributed by atoms with Gasteiger partial charge in [-0.3, -0.25) is 0 Å². The van der Waals surface area contributed by atoms with Gasteiger partial charge in [-0.15, -0.1) is 0 Å². The summed E-state index contributed by atoms with van der Waals surface area (Å²) in [7, 11) is 0. The van der Waals surface area contributed by atoms with Gasteiger partial charge in [-0.1, -0.05) is 0 Å². The van der Waals surface area contributed by atoms with Crippen LogP contribution in [0, 0.1) is 11.8 Å². The van der Waals surface area contributed by atoms with Gasteiger partial charge in [-0.25, -0.2) is 4.99 Å². The lowest BCUT2D eigenvalue weighted by Crippen LogP contribution is -2.29. The summed E-state index contributed by atoms with van der Waals surface area (Å²) in [5.41, 5.74) is 0. The molecular weight excluding hydrogens is 160 g/mol. The predicted molar refractivity (Wildman–Crippen MR) is 53.6 cm³/mol. The van der Waals surface area contributed by atoms with Crippen LogP contribution < -0.4 is 0 Å². The van der Waals surface area contributed by atoms with E-state index in [1.807, 2.05) is 0 Å². The molecule has 0 aromatic heterocycles. The molecule has 0 radical (unpaired) electrons. The van der Waals surface area contributed by atoms with Gasteiger partial charge in [-0.2, -0.15) is 0 Å². The summed E-state index contributed by atoms with van der Waals surface area (Å²) in [6, 6.07) is 0. The molecule has 1 saturated carbocycles. The first-order valence-electron chi connectivity index (χ1n) is 5.44. The summed E-state index contributed by atoms with van der Waals surface area (Å²) in [5.74, 6) is 2.90. The van der Waals surface area contributed by atoms with Crippen molar-refractivity contribution in [1.29, 1.82) is 0 Å². The smallest absolute Gasteiger partial charge is 0.124 e. The van der Waals surface area contributed by atoms with Crippen molar-refractivity contribution in [2.75, 3.05) is 13.1 Å². The molecule has 0 aromatic rings. The normalized spacial score (nSPS) is 36.9. The number of hydrogen-bond donors (Lipinski definition) is 0. The molecule has 1 aliphatic carbocycles. The third kappa shape index (κ3) is 1.38. The summed E-state index contributed by atoms with van der Waals surface area (Å²) < 4.78 is 0. The molecule has 0 bridgehead atoms. The molecule has 2 atom stereocenters. The van der Waals surface area contributed by atoms with Gasteiger partial charge in [0.2, 0.25) is 0 Å². The molecule has 0 spiro atoms. The highest BCUT2D eigenvalue weighted by molar-refractivity contribution is 5.68. The van der Waals surface area contributed by atoms with Crippen LogP contribution in [0.15, 0.2) is 16.9 Å². The van der Waals surface area contributed by atoms with Crippen molar-refractivity contribution in [3.8, 4) is 0 Å². The van der Waals surface area contributed by atoms with Crippen LogP contribution in [-0.4, -0.2) is 24.2 Å². The highest BCUT2D eigenvalue weighted by Crippen LogP contribution is 2.42. The Kier molecular flexibility index (Phi) is 1.67. The molecule has 3 aliphatic rings. The lowest BCUT2D eigenvalue weighted by atomic mass is 10.1. The topological polar surface area (TPSA) is 15.6 Å². The molecule has 13 heavy (non-hydrogen) atoms. The van der Waals surface area contributed by atoms with E-state index < -0.39 is 0 Å². The van der Waals surface area contributed by atoms with Crippen molar-refractivity contribution in [3.63, 3.8) is 0 Å². The number of aliphatic imine (C=N–C) groups is 1. The van der Waals surface area contributed by atoms with Crippen molar-refractivity contribution in [1.82, 2.24) is 4.90 Å². The zero-order valence-electron chi connectivity index (χ0n) is 7.95. The third-order valence-electron chi connectivity index (χ3n) is 3.33. The van der Waals surface area contributed by atoms with E-state index in [1.165, 1.54) is 44.6 Å². The number of likely N-dealkylation sites (tertiary alicyclic amines) is 1. The van der Waals surface area contributed by atoms with Crippen LogP contribution in [0.3, 0.4) is 0 Å². The largest absolute Gasteiger partial charge is 0.357 e. The third-order valence-corrected chi connectivity index (χ3v) is 3.33. The van der Waals surface area contributed by atoms with Crippen molar-refractivity contribution in [2.45, 2.75) is 25.7 Å². The Morgan fingerprint density at radius 3 is 2.77 bits per heavy atom. The van der Waals surface area contributed by atoms with Crippen LogP contribution in [0.4, 0.5) is 0 Å². The van der Waals surface area contributed by atoms with Crippen LogP contribution in [0.25, 0.3) is 0 Å². The molecule has 2 heteroatoms. The van der Waals surface area contributed by atoms with Gasteiger partial charge in [0.15, 0.2) is 0 Å². The fourth-order valence-corrected chi connectivity index (χ4v) is 2.32. The zero-order valence-corrected chi connectivity index (χ0v) is 7.95. The molecule has 0 aromatic carbocycles. The van der Waals surface area contributed by atoms with Gasteiger partial charge in [-0.05, 0) is 37.7 Å². The molecule has 0 N–H and O–H groups in total. The van der Waals surface area contributed by atoms with E-state index in [1.54, 1.807) is 0 Å². The maximum absolute atomic E-state index is 4.54. The zero-order chi connectivity index (χ0) is 8.67. The summed E-state index contributed by atoms with van der Waals surface area (Å²) >= 11 is 0. The Bertz CT molecular complexity index is 261. The van der Waals surface area contributed by atoms with E-state index in [-0.39, 0.29) is 0 Å². The van der Waals surface area contributed by atoms with Gasteiger partial charge in [0, 0.05) is 25.2 Å². The van der Waals surface area contributed by atoms with Crippen molar-refractivity contribution >= 4 is 6.21 Å². The van der Waals surface area contributed by atoms with E-state index in [0.29, 0.717) is 0 Å². The Morgan fingerprint density at radius 2 is 2.00 bits per heavy atom. The molecule has 2 aliphatic heterocycles. The number of nitrogens with zero attached hydrogens (tertiary/aromatic N) is 2. The summed E-state index contributed by atoms with van der Waals surface area (Å²) in [5, 5.41) is 0. The fraction of sp³-hybridized carbons (Fsp3) is 0.727. The first-order valence-corrected chi connectivity index (χ1v) is 5.44. The van der Waals surface area contributed by atoms with E-state index >= 15 is 0 Å². The van der Waals surface area contributed by atoms with Gasteiger partial charge < -0.3 is 4.90 Å². The second kappa shape index (κ2) is 2.86. The van der Waals surface area contributed by atoms with Crippen LogP contribution in [0.1, 0.15) is 25.7 Å². The standard InChI is InChI=1S/C11H16N2/c1-2-4-13(5-3-1)11-7-9-6-10(9)8-12-11/h7-10H,1-6H2. The summed E-state index contributed by atoms with van der Waals surface area (Å²) in [6.07, 6.45) is 9.99. The summed E-state index contributed by atoms with van der Waals surface area (Å²) in [6.45, 7) is 2.45. The number of hydrogen-bond acceptors (Lipinski definition) is 2. The lowest BCUT2D eigenvalue weighted by molar-refractivity contribution is 0.281. The molecule has 2 nitrogen and oxygen atoms in total. The second-order valence-corrected chi connectivity index (χ2v) is 4.41. The van der Waals surface area contributed by atoms with E-state index in [0.717, 1.165) is 11.8 Å². The maximum atomic E-state index is 4.54. The average Bonchev–Trinajstić information content (AvgIpc) is 2.96. The molecule has 2 unspecified atom stereocenters. The maximum Gasteiger partial charge on any atom is 0.124 e. The van der Waals surface area contributed by atoms with Gasteiger partial charge in [0.05, 0.1) is 0 Å². The van der Waals surface area contributed by atoms with E-state index in [9.17, 15) is 0 Å². The predicted octanol–water partition coefficient (Wildman–Crippen LogP) is 2.03. The van der Waals surface area contributed by atoms with Gasteiger partial charge in [0.1, 0.15) is 5.82 Å². The Balaban J connectivity index is 1.73. The SMILES string of the molecule is C1=NC(N2CCCCC2)=CC2CC12. The number of rotatable bonds is 1. The minimum absolute atomic E-state index is 0.800. The van der Waals surface area contributed by atoms with Gasteiger partial charge in [0.25, 0.3) is 0 Å². The number of fused-ring (bicyclic) bond motifs is 1. The Labute approximate surface area is 79.3 Å². The second-order valence-electron chi connectivity index (χ2n) is 4.41. The van der Waals surface area contributed by atoms with E-state index in [2.05, 4.69) is 22.2 Å². The van der Waals surface area contributed by atoms with E-state index in [4.69, 9.17) is 0 Å². The molecule has 2 heterocycles. The first-order chi connectivity index (χ1) is 6.43. The molecule has 0 amide bonds. The molecule has 1 saturated heterocycles. The molecule has 2 fully saturated rings. The van der Waals surface area contributed by atoms with Crippen molar-refractivity contribution in [2.24, 2.45) is 16.8 Å². The summed E-state index contributed by atoms with van der Waals surface area (Å²) in [4.78, 5) is 6.99. The van der Waals surface area contributed by atoms with Crippen molar-refractivity contribution in [3.05, 3.63) is 11.9 Å². The molecule has 70 valence electrons. The Hall–Kier alpha value is -0.790. The van der Waals surface area contributed by atoms with Crippen LogP contribution in [0.5, 0.6) is 0 Å². The first kappa shape index (κ1) is 7.60. The minimum atomic E-state index is 0.800. The number of piperidine rings is 1. The highest BCUT2D eigenvalue weighted by atomic mass is 15.2. The minimum Gasteiger partial charge on any atom is -0.357 e. The highest BCUT2D eigenvalue weighted by Gasteiger charge is 2.37. The lowest BCUT2D eigenvalue weighted by Gasteiger charge is -2.29. The van der Waals surface area contributed by atoms with Crippen LogP contribution >= 0.6 is 0 Å². The van der Waals surface area contributed by atoms with Crippen LogP contribution in [-0.2, 0) is 0 Å². The molecular formula is C11H16N2. The number of allylic oxidation sites excluding steroid dienone is 1. The monoisotopic (exact) mass is 176 g/mol.